The summed E-state index contributed by atoms with van der Waals surface area (Å²) in [5.74, 6) is -0.424. The highest BCUT2D eigenvalue weighted by Crippen LogP contribution is 2.26. The molecule has 0 spiro atoms. The molecule has 0 bridgehead atoms. The van der Waals surface area contributed by atoms with Gasteiger partial charge in [0.2, 0.25) is 5.91 Å². The van der Waals surface area contributed by atoms with Crippen LogP contribution in [-0.2, 0) is 4.79 Å². The third-order valence-corrected chi connectivity index (χ3v) is 2.13. The van der Waals surface area contributed by atoms with Crippen LogP contribution in [0.1, 0.15) is 18.0 Å². The molecule has 0 radical (unpaired) electrons. The molecule has 0 saturated carbocycles. The maximum Gasteiger partial charge on any atom is 0.219 e. The van der Waals surface area contributed by atoms with Gasteiger partial charge in [-0.05, 0) is 17.7 Å². The van der Waals surface area contributed by atoms with E-state index in [1.54, 1.807) is 6.07 Å². The van der Waals surface area contributed by atoms with Gasteiger partial charge in [0, 0.05) is 17.5 Å². The second-order valence-corrected chi connectivity index (χ2v) is 3.39. The molecule has 1 atom stereocenters. The summed E-state index contributed by atoms with van der Waals surface area (Å²) in [6.45, 7) is 0. The highest BCUT2D eigenvalue weighted by Gasteiger charge is 2.12. The quantitative estimate of drug-likeness (QED) is 0.699. The van der Waals surface area contributed by atoms with Crippen molar-refractivity contribution in [2.45, 2.75) is 12.5 Å². The first-order chi connectivity index (χ1) is 6.50. The number of rotatable bonds is 3. The molecule has 5 N–H and O–H groups in total. The number of amides is 1. The van der Waals surface area contributed by atoms with Gasteiger partial charge in [-0.2, -0.15) is 0 Å². The van der Waals surface area contributed by atoms with Crippen molar-refractivity contribution in [3.05, 3.63) is 28.8 Å². The van der Waals surface area contributed by atoms with Crippen LogP contribution in [0.5, 0.6) is 5.75 Å². The Morgan fingerprint density at radius 1 is 1.57 bits per heavy atom. The predicted molar refractivity (Wildman–Crippen MR) is 53.9 cm³/mol. The van der Waals surface area contributed by atoms with E-state index in [-0.39, 0.29) is 12.2 Å². The Bertz CT molecular complexity index is 355. The second-order valence-electron chi connectivity index (χ2n) is 2.98. The number of aromatic hydroxyl groups is 1. The molecular weight excluding hydrogens is 204 g/mol. The van der Waals surface area contributed by atoms with Crippen LogP contribution in [0.25, 0.3) is 0 Å². The third-order valence-electron chi connectivity index (χ3n) is 1.80. The van der Waals surface area contributed by atoms with Crippen LogP contribution < -0.4 is 11.5 Å². The SMILES string of the molecule is NC(=O)CC(N)c1ccc(O)cc1Cl. The highest BCUT2D eigenvalue weighted by atomic mass is 35.5. The molecule has 76 valence electrons. The van der Waals surface area contributed by atoms with Crippen LogP contribution in [0.2, 0.25) is 5.02 Å². The average molecular weight is 215 g/mol. The van der Waals surface area contributed by atoms with Crippen molar-refractivity contribution >= 4 is 17.5 Å². The Labute approximate surface area is 86.5 Å². The number of phenolic OH excluding ortho intramolecular Hbond substituents is 1. The molecule has 0 aliphatic rings. The molecule has 0 saturated heterocycles. The second kappa shape index (κ2) is 4.30. The number of carbonyl (C=O) groups excluding carboxylic acids is 1. The number of carbonyl (C=O) groups is 1. The first kappa shape index (κ1) is 10.8. The van der Waals surface area contributed by atoms with E-state index in [9.17, 15) is 4.79 Å². The standard InChI is InChI=1S/C9H11ClN2O2/c10-7-3-5(13)1-2-6(7)8(11)4-9(12)14/h1-3,8,13H,4,11H2,(H2,12,14). The summed E-state index contributed by atoms with van der Waals surface area (Å²) in [5, 5.41) is 9.42. The molecule has 1 aromatic rings. The number of halogens is 1. The number of benzene rings is 1. The Morgan fingerprint density at radius 2 is 2.21 bits per heavy atom. The van der Waals surface area contributed by atoms with Crippen LogP contribution in [-0.4, -0.2) is 11.0 Å². The topological polar surface area (TPSA) is 89.3 Å². The predicted octanol–water partition coefficient (Wildman–Crippen LogP) is 0.921. The fourth-order valence-electron chi connectivity index (χ4n) is 1.14. The minimum Gasteiger partial charge on any atom is -0.508 e. The van der Waals surface area contributed by atoms with Crippen LogP contribution >= 0.6 is 11.6 Å². The molecule has 0 aliphatic carbocycles. The zero-order chi connectivity index (χ0) is 10.7. The van der Waals surface area contributed by atoms with Crippen molar-refractivity contribution in [1.82, 2.24) is 0 Å². The van der Waals surface area contributed by atoms with Gasteiger partial charge in [0.15, 0.2) is 0 Å². The van der Waals surface area contributed by atoms with Crippen LogP contribution in [0.3, 0.4) is 0 Å². The van der Waals surface area contributed by atoms with Crippen LogP contribution in [0.15, 0.2) is 18.2 Å². The van der Waals surface area contributed by atoms with Crippen molar-refractivity contribution in [3.63, 3.8) is 0 Å². The fraction of sp³-hybridized carbons (Fsp3) is 0.222. The van der Waals surface area contributed by atoms with Gasteiger partial charge in [-0.25, -0.2) is 0 Å². The molecule has 1 rings (SSSR count). The number of hydrogen-bond acceptors (Lipinski definition) is 3. The van der Waals surface area contributed by atoms with Crippen molar-refractivity contribution in [1.29, 1.82) is 0 Å². The van der Waals surface area contributed by atoms with E-state index in [0.717, 1.165) is 0 Å². The van der Waals surface area contributed by atoms with E-state index in [0.29, 0.717) is 10.6 Å². The lowest BCUT2D eigenvalue weighted by Gasteiger charge is -2.11. The Morgan fingerprint density at radius 3 is 2.71 bits per heavy atom. The Kier molecular flexibility index (Phi) is 3.33. The lowest BCUT2D eigenvalue weighted by atomic mass is 10.0. The summed E-state index contributed by atoms with van der Waals surface area (Å²) in [6, 6.07) is 3.88. The zero-order valence-electron chi connectivity index (χ0n) is 7.40. The molecule has 1 unspecified atom stereocenters. The Balaban J connectivity index is 2.90. The maximum atomic E-state index is 10.6. The van der Waals surface area contributed by atoms with Gasteiger partial charge in [-0.3, -0.25) is 4.79 Å². The minimum atomic E-state index is -0.527. The normalized spacial score (nSPS) is 12.4. The average Bonchev–Trinajstić information content (AvgIpc) is 2.01. The molecule has 1 aromatic carbocycles. The highest BCUT2D eigenvalue weighted by molar-refractivity contribution is 6.31. The van der Waals surface area contributed by atoms with E-state index in [2.05, 4.69) is 0 Å². The third kappa shape index (κ3) is 2.61. The summed E-state index contributed by atoms with van der Waals surface area (Å²) in [5.41, 5.74) is 11.3. The van der Waals surface area contributed by atoms with Crippen LogP contribution in [0, 0.1) is 0 Å². The van der Waals surface area contributed by atoms with Gasteiger partial charge in [-0.15, -0.1) is 0 Å². The van der Waals surface area contributed by atoms with Crippen molar-refractivity contribution in [2.24, 2.45) is 11.5 Å². The van der Waals surface area contributed by atoms with E-state index in [1.807, 2.05) is 0 Å². The van der Waals surface area contributed by atoms with E-state index in [4.69, 9.17) is 28.2 Å². The number of primary amides is 1. The molecule has 0 aliphatic heterocycles. The molecule has 0 heterocycles. The van der Waals surface area contributed by atoms with Gasteiger partial charge >= 0.3 is 0 Å². The zero-order valence-corrected chi connectivity index (χ0v) is 8.16. The van der Waals surface area contributed by atoms with Gasteiger partial charge < -0.3 is 16.6 Å². The van der Waals surface area contributed by atoms with Crippen molar-refractivity contribution in [2.75, 3.05) is 0 Å². The number of hydrogen-bond donors (Lipinski definition) is 3. The minimum absolute atomic E-state index is 0.0322. The molecule has 0 aromatic heterocycles. The first-order valence-electron chi connectivity index (χ1n) is 4.03. The fourth-order valence-corrected chi connectivity index (χ4v) is 1.46. The van der Waals surface area contributed by atoms with Crippen LogP contribution in [0.4, 0.5) is 0 Å². The molecule has 1 amide bonds. The lowest BCUT2D eigenvalue weighted by Crippen LogP contribution is -2.20. The Hall–Kier alpha value is -1.26. The molecule has 14 heavy (non-hydrogen) atoms. The summed E-state index contributed by atoms with van der Waals surface area (Å²) >= 11 is 5.82. The molecule has 4 nitrogen and oxygen atoms in total. The molecule has 5 heteroatoms. The first-order valence-corrected chi connectivity index (χ1v) is 4.41. The summed E-state index contributed by atoms with van der Waals surface area (Å²) < 4.78 is 0. The van der Waals surface area contributed by atoms with Gasteiger partial charge in [0.25, 0.3) is 0 Å². The smallest absolute Gasteiger partial charge is 0.219 e. The summed E-state index contributed by atoms with van der Waals surface area (Å²) in [4.78, 5) is 10.6. The van der Waals surface area contributed by atoms with Crippen molar-refractivity contribution in [3.8, 4) is 5.75 Å². The van der Waals surface area contributed by atoms with E-state index < -0.39 is 11.9 Å². The number of phenols is 1. The largest absolute Gasteiger partial charge is 0.508 e. The number of nitrogens with two attached hydrogens (primary N) is 2. The van der Waals surface area contributed by atoms with Gasteiger partial charge in [0.05, 0.1) is 0 Å². The summed E-state index contributed by atoms with van der Waals surface area (Å²) in [7, 11) is 0. The van der Waals surface area contributed by atoms with E-state index >= 15 is 0 Å². The lowest BCUT2D eigenvalue weighted by molar-refractivity contribution is -0.118. The monoisotopic (exact) mass is 214 g/mol. The van der Waals surface area contributed by atoms with E-state index in [1.165, 1.54) is 12.1 Å². The maximum absolute atomic E-state index is 10.6. The molecular formula is C9H11ClN2O2. The summed E-state index contributed by atoms with van der Waals surface area (Å²) in [6.07, 6.45) is 0.0322. The van der Waals surface area contributed by atoms with Gasteiger partial charge in [0.1, 0.15) is 5.75 Å². The van der Waals surface area contributed by atoms with Crippen molar-refractivity contribution < 1.29 is 9.90 Å². The molecule has 0 fully saturated rings. The van der Waals surface area contributed by atoms with Gasteiger partial charge in [-0.1, -0.05) is 17.7 Å².